The van der Waals surface area contributed by atoms with Crippen LogP contribution in [0.15, 0.2) is 35.1 Å². The number of carboxylic acid groups (broad SMARTS) is 1. The first-order valence-corrected chi connectivity index (χ1v) is 12.8. The zero-order chi connectivity index (χ0) is 28.5. The zero-order valence-corrected chi connectivity index (χ0v) is 22.7. The fourth-order valence-corrected chi connectivity index (χ4v) is 4.55. The number of aromatic nitrogens is 1. The van der Waals surface area contributed by atoms with Crippen molar-refractivity contribution in [2.75, 3.05) is 19.8 Å². The van der Waals surface area contributed by atoms with Crippen LogP contribution in [0.1, 0.15) is 48.3 Å². The van der Waals surface area contributed by atoms with E-state index in [4.69, 9.17) is 37.8 Å². The van der Waals surface area contributed by atoms with Crippen LogP contribution >= 0.6 is 23.2 Å². The molecule has 1 aromatic heterocycles. The number of alkyl halides is 3. The molecule has 0 spiro atoms. The van der Waals surface area contributed by atoms with Crippen molar-refractivity contribution in [3.8, 4) is 0 Å². The standard InChI is InChI=1S/C24H30Cl2N2O4.C2HF3O/c1-16(2)14-32-15-19-4-3-10-27(19)13-22-20(25)12-21(26)23(29)28(22)11-9-17-5-7-18(8-6-17)24(30)31;3-2(4,5)1-6/h5-8,12,16,19H,3-4,9-11,13-15H2,1-2H3,(H,30,31);1H/t19-;/m1./s1. The minimum atomic E-state index is -4.64. The summed E-state index contributed by atoms with van der Waals surface area (Å²) in [4.78, 5) is 34.9. The average Bonchev–Trinajstić information content (AvgIpc) is 3.29. The Morgan fingerprint density at radius 2 is 1.84 bits per heavy atom. The van der Waals surface area contributed by atoms with E-state index >= 15 is 0 Å². The molecular weight excluding hydrogens is 548 g/mol. The van der Waals surface area contributed by atoms with Gasteiger partial charge in [-0.2, -0.15) is 13.2 Å². The van der Waals surface area contributed by atoms with Crippen molar-refractivity contribution in [3.05, 3.63) is 67.6 Å². The second-order valence-electron chi connectivity index (χ2n) is 9.35. The Morgan fingerprint density at radius 3 is 2.39 bits per heavy atom. The number of aromatic carboxylic acids is 1. The Kier molecular flexibility index (Phi) is 12.3. The van der Waals surface area contributed by atoms with Gasteiger partial charge in [-0.05, 0) is 55.5 Å². The highest BCUT2D eigenvalue weighted by Crippen LogP contribution is 2.25. The van der Waals surface area contributed by atoms with Crippen molar-refractivity contribution >= 4 is 35.5 Å². The number of halogens is 5. The third kappa shape index (κ3) is 10.1. The van der Waals surface area contributed by atoms with Gasteiger partial charge in [-0.25, -0.2) is 4.79 Å². The number of pyridine rings is 1. The van der Waals surface area contributed by atoms with Gasteiger partial charge in [-0.3, -0.25) is 14.5 Å². The van der Waals surface area contributed by atoms with E-state index in [1.54, 1.807) is 28.8 Å². The van der Waals surface area contributed by atoms with Gasteiger partial charge in [0.05, 0.1) is 22.9 Å². The number of hydrogen-bond acceptors (Lipinski definition) is 5. The lowest BCUT2D eigenvalue weighted by Gasteiger charge is -2.27. The van der Waals surface area contributed by atoms with Gasteiger partial charge in [0.2, 0.25) is 6.29 Å². The molecule has 1 aliphatic rings. The highest BCUT2D eigenvalue weighted by molar-refractivity contribution is 6.34. The molecule has 7 nitrogen and oxygen atoms in total. The summed E-state index contributed by atoms with van der Waals surface area (Å²) in [5, 5.41) is 9.64. The molecule has 210 valence electrons. The second kappa shape index (κ2) is 14.7. The van der Waals surface area contributed by atoms with Crippen molar-refractivity contribution in [1.82, 2.24) is 9.47 Å². The third-order valence-electron chi connectivity index (χ3n) is 5.88. The number of benzene rings is 1. The van der Waals surface area contributed by atoms with E-state index in [1.807, 2.05) is 0 Å². The van der Waals surface area contributed by atoms with Crippen LogP contribution < -0.4 is 5.56 Å². The molecule has 0 bridgehead atoms. The number of rotatable bonds is 10. The lowest BCUT2D eigenvalue weighted by Crippen LogP contribution is -2.36. The van der Waals surface area contributed by atoms with Crippen molar-refractivity contribution in [2.45, 2.75) is 58.4 Å². The van der Waals surface area contributed by atoms with Crippen molar-refractivity contribution in [3.63, 3.8) is 0 Å². The number of aryl methyl sites for hydroxylation is 1. The van der Waals surface area contributed by atoms with E-state index in [0.717, 1.165) is 37.3 Å². The summed E-state index contributed by atoms with van der Waals surface area (Å²) in [7, 11) is 0. The van der Waals surface area contributed by atoms with E-state index in [0.29, 0.717) is 43.1 Å². The average molecular weight is 579 g/mol. The number of ether oxygens (including phenoxy) is 1. The number of carboxylic acids is 1. The quantitative estimate of drug-likeness (QED) is 0.375. The molecule has 38 heavy (non-hydrogen) atoms. The molecule has 1 saturated heterocycles. The molecule has 2 heterocycles. The number of carbonyl (C=O) groups is 2. The smallest absolute Gasteiger partial charge is 0.446 e. The second-order valence-corrected chi connectivity index (χ2v) is 10.2. The summed E-state index contributed by atoms with van der Waals surface area (Å²) >= 11 is 12.7. The number of aldehydes is 1. The van der Waals surface area contributed by atoms with Gasteiger partial charge in [-0.1, -0.05) is 49.2 Å². The van der Waals surface area contributed by atoms with Gasteiger partial charge in [0.15, 0.2) is 0 Å². The van der Waals surface area contributed by atoms with E-state index in [9.17, 15) is 22.8 Å². The van der Waals surface area contributed by atoms with Crippen LogP contribution in [0.25, 0.3) is 0 Å². The Hall–Kier alpha value is -2.40. The summed E-state index contributed by atoms with van der Waals surface area (Å²) in [5.74, 6) is -0.473. The van der Waals surface area contributed by atoms with E-state index in [1.165, 1.54) is 6.07 Å². The minimum absolute atomic E-state index is 0.0956. The third-order valence-corrected chi connectivity index (χ3v) is 6.47. The molecule has 0 amide bonds. The van der Waals surface area contributed by atoms with Crippen LogP contribution in [0.3, 0.4) is 0 Å². The van der Waals surface area contributed by atoms with Gasteiger partial charge in [-0.15, -0.1) is 0 Å². The molecule has 1 aliphatic heterocycles. The number of hydrogen-bond donors (Lipinski definition) is 1. The van der Waals surface area contributed by atoms with Crippen molar-refractivity contribution in [2.24, 2.45) is 5.92 Å². The fourth-order valence-electron chi connectivity index (χ4n) is 4.01. The summed E-state index contributed by atoms with van der Waals surface area (Å²) < 4.78 is 38.8. The predicted molar refractivity (Wildman–Crippen MR) is 139 cm³/mol. The summed E-state index contributed by atoms with van der Waals surface area (Å²) in [6.07, 6.45) is -3.00. The van der Waals surface area contributed by atoms with Crippen LogP contribution in [0.5, 0.6) is 0 Å². The first-order valence-electron chi connectivity index (χ1n) is 12.1. The SMILES string of the molecule is CC(C)COC[C@H]1CCCN1Cc1c(Cl)cc(Cl)c(=O)n1CCc1ccc(C(=O)O)cc1.O=CC(F)(F)F. The molecule has 1 N–H and O–H groups in total. The molecule has 12 heteroatoms. The number of carbonyl (C=O) groups excluding carboxylic acids is 1. The lowest BCUT2D eigenvalue weighted by atomic mass is 10.1. The van der Waals surface area contributed by atoms with Gasteiger partial charge in [0.1, 0.15) is 5.02 Å². The van der Waals surface area contributed by atoms with Crippen LogP contribution in [-0.2, 0) is 29.0 Å². The topological polar surface area (TPSA) is 88.8 Å². The maximum Gasteiger partial charge on any atom is 0.446 e. The first-order chi connectivity index (χ1) is 17.8. The normalized spacial score (nSPS) is 15.8. The van der Waals surface area contributed by atoms with E-state index < -0.39 is 18.4 Å². The molecule has 0 radical (unpaired) electrons. The summed E-state index contributed by atoms with van der Waals surface area (Å²) in [6.45, 7) is 7.56. The van der Waals surface area contributed by atoms with Gasteiger partial charge in [0, 0.05) is 25.7 Å². The highest BCUT2D eigenvalue weighted by Gasteiger charge is 2.27. The molecule has 1 fully saturated rings. The Morgan fingerprint density at radius 1 is 1.21 bits per heavy atom. The van der Waals surface area contributed by atoms with Crippen LogP contribution in [0.2, 0.25) is 10.0 Å². The van der Waals surface area contributed by atoms with Crippen LogP contribution in [0.4, 0.5) is 13.2 Å². The molecule has 2 aromatic rings. The monoisotopic (exact) mass is 578 g/mol. The number of nitrogens with zero attached hydrogens (tertiary/aromatic N) is 2. The lowest BCUT2D eigenvalue weighted by molar-refractivity contribution is -0.156. The Bertz CT molecular complexity index is 1140. The van der Waals surface area contributed by atoms with Crippen LogP contribution in [-0.4, -0.2) is 58.8 Å². The molecule has 1 atom stereocenters. The zero-order valence-electron chi connectivity index (χ0n) is 21.1. The largest absolute Gasteiger partial charge is 0.478 e. The molecule has 0 aliphatic carbocycles. The molecule has 0 unspecified atom stereocenters. The van der Waals surface area contributed by atoms with E-state index in [-0.39, 0.29) is 16.1 Å². The molecule has 0 saturated carbocycles. The predicted octanol–water partition coefficient (Wildman–Crippen LogP) is 5.48. The van der Waals surface area contributed by atoms with Crippen molar-refractivity contribution < 1.29 is 32.6 Å². The first kappa shape index (κ1) is 31.8. The highest BCUT2D eigenvalue weighted by atomic mass is 35.5. The number of likely N-dealkylation sites (tertiary alicyclic amines) is 1. The van der Waals surface area contributed by atoms with E-state index in [2.05, 4.69) is 18.7 Å². The summed E-state index contributed by atoms with van der Waals surface area (Å²) in [6, 6.07) is 8.49. The van der Waals surface area contributed by atoms with Crippen molar-refractivity contribution in [1.29, 1.82) is 0 Å². The van der Waals surface area contributed by atoms with Gasteiger partial charge >= 0.3 is 12.1 Å². The maximum absolute atomic E-state index is 12.9. The Labute approximate surface area is 229 Å². The molecular formula is C26H31Cl2F3N2O5. The van der Waals surface area contributed by atoms with Gasteiger partial charge < -0.3 is 14.4 Å². The molecule has 1 aromatic carbocycles. The Balaban J connectivity index is 0.000000757. The molecule has 3 rings (SSSR count). The summed E-state index contributed by atoms with van der Waals surface area (Å²) in [5.41, 5.74) is 1.65. The van der Waals surface area contributed by atoms with Gasteiger partial charge in [0.25, 0.3) is 5.56 Å². The van der Waals surface area contributed by atoms with Crippen LogP contribution in [0, 0.1) is 5.92 Å². The fraction of sp³-hybridized carbons (Fsp3) is 0.500. The maximum atomic E-state index is 12.9. The minimum Gasteiger partial charge on any atom is -0.478 e.